The van der Waals surface area contributed by atoms with Gasteiger partial charge in [0, 0.05) is 20.1 Å². The monoisotopic (exact) mass is 741 g/mol. The van der Waals surface area contributed by atoms with Crippen LogP contribution in [0.1, 0.15) is 23.6 Å². The van der Waals surface area contributed by atoms with Crippen molar-refractivity contribution in [2.45, 2.75) is 20.0 Å². The van der Waals surface area contributed by atoms with E-state index in [1.165, 1.54) is 4.68 Å². The lowest BCUT2D eigenvalue weighted by Gasteiger charge is -2.17. The fraction of sp³-hybridized carbons (Fsp3) is 0.139. The smallest absolute Gasteiger partial charge is 0.282 e. The van der Waals surface area contributed by atoms with E-state index in [1.807, 2.05) is 67.6 Å². The van der Waals surface area contributed by atoms with Crippen LogP contribution in [0, 0.1) is 0 Å². The Kier molecular flexibility index (Phi) is 9.37. The van der Waals surface area contributed by atoms with Gasteiger partial charge in [0.2, 0.25) is 5.82 Å². The van der Waals surface area contributed by atoms with Crippen molar-refractivity contribution in [3.05, 3.63) is 128 Å². The summed E-state index contributed by atoms with van der Waals surface area (Å²) in [6, 6.07) is 24.2. The first-order valence-corrected chi connectivity index (χ1v) is 16.1. The Bertz CT molecular complexity index is 2170. The molecule has 0 aliphatic rings. The highest BCUT2D eigenvalue weighted by Crippen LogP contribution is 2.36. The van der Waals surface area contributed by atoms with Crippen molar-refractivity contribution in [2.75, 3.05) is 13.7 Å². The fourth-order valence-corrected chi connectivity index (χ4v) is 6.28. The van der Waals surface area contributed by atoms with Gasteiger partial charge in [-0.15, -0.1) is 6.58 Å². The number of hydrogen-bond acceptors (Lipinski definition) is 7. The summed E-state index contributed by atoms with van der Waals surface area (Å²) in [7, 11) is 1.60. The van der Waals surface area contributed by atoms with Crippen LogP contribution in [0.25, 0.3) is 33.5 Å². The zero-order valence-electron chi connectivity index (χ0n) is 25.1. The quantitative estimate of drug-likeness (QED) is 0.0974. The molecule has 4 aromatic carbocycles. The van der Waals surface area contributed by atoms with Crippen LogP contribution >= 0.6 is 31.9 Å². The summed E-state index contributed by atoms with van der Waals surface area (Å²) in [5.74, 6) is 2.47. The summed E-state index contributed by atoms with van der Waals surface area (Å²) in [5, 5.41) is 5.85. The number of benzene rings is 4. The van der Waals surface area contributed by atoms with Gasteiger partial charge in [0.15, 0.2) is 17.3 Å². The van der Waals surface area contributed by atoms with E-state index in [0.717, 1.165) is 25.5 Å². The molecular weight excluding hydrogens is 714 g/mol. The third-order valence-corrected chi connectivity index (χ3v) is 8.47. The second kappa shape index (κ2) is 13.8. The van der Waals surface area contributed by atoms with Crippen LogP contribution in [0.2, 0.25) is 0 Å². The second-order valence-corrected chi connectivity index (χ2v) is 12.0. The lowest BCUT2D eigenvalue weighted by Crippen LogP contribution is -2.20. The Hall–Kier alpha value is -4.67. The van der Waals surface area contributed by atoms with Gasteiger partial charge in [-0.25, -0.2) is 4.98 Å². The average Bonchev–Trinajstić information content (AvgIpc) is 3.49. The highest BCUT2D eigenvalue weighted by atomic mass is 79.9. The van der Waals surface area contributed by atoms with E-state index in [9.17, 15) is 4.79 Å². The lowest BCUT2D eigenvalue weighted by atomic mass is 10.1. The summed E-state index contributed by atoms with van der Waals surface area (Å²) in [5.41, 5.74) is 3.36. The molecule has 0 amide bonds. The molecule has 2 aromatic heterocycles. The summed E-state index contributed by atoms with van der Waals surface area (Å²) in [6.45, 7) is 6.61. The van der Waals surface area contributed by atoms with Crippen LogP contribution in [0.5, 0.6) is 17.2 Å². The van der Waals surface area contributed by atoms with E-state index < -0.39 is 0 Å². The van der Waals surface area contributed by atoms with Crippen molar-refractivity contribution in [3.63, 3.8) is 0 Å². The van der Waals surface area contributed by atoms with E-state index in [0.29, 0.717) is 64.7 Å². The maximum Gasteiger partial charge on any atom is 0.282 e. The molecule has 232 valence electrons. The van der Waals surface area contributed by atoms with E-state index in [4.69, 9.17) is 23.6 Å². The van der Waals surface area contributed by atoms with E-state index in [-0.39, 0.29) is 11.4 Å². The molecule has 6 aromatic rings. The predicted molar refractivity (Wildman–Crippen MR) is 188 cm³/mol. The van der Waals surface area contributed by atoms with Gasteiger partial charge in [-0.2, -0.15) is 9.78 Å². The summed E-state index contributed by atoms with van der Waals surface area (Å²) < 4.78 is 27.2. The topological polar surface area (TPSA) is 88.1 Å². The van der Waals surface area contributed by atoms with E-state index in [2.05, 4.69) is 43.5 Å². The molecule has 0 saturated carbocycles. The number of methoxy groups -OCH3 is 1. The minimum absolute atomic E-state index is 0.259. The van der Waals surface area contributed by atoms with Crippen molar-refractivity contribution in [2.24, 2.45) is 5.10 Å². The highest BCUT2D eigenvalue weighted by Gasteiger charge is 2.19. The van der Waals surface area contributed by atoms with Crippen molar-refractivity contribution < 1.29 is 18.6 Å². The van der Waals surface area contributed by atoms with Gasteiger partial charge in [-0.1, -0.05) is 62.2 Å². The summed E-state index contributed by atoms with van der Waals surface area (Å²) >= 11 is 7.11. The second-order valence-electron chi connectivity index (χ2n) is 10.3. The van der Waals surface area contributed by atoms with Crippen LogP contribution in [0.3, 0.4) is 0 Å². The molecule has 0 spiro atoms. The number of fused-ring (bicyclic) bond motifs is 2. The number of furan rings is 1. The molecule has 6 rings (SSSR count). The number of allylic oxidation sites excluding steroid dienone is 1. The molecule has 2 heterocycles. The minimum Gasteiger partial charge on any atom is -0.496 e. The van der Waals surface area contributed by atoms with Gasteiger partial charge < -0.3 is 18.6 Å². The van der Waals surface area contributed by atoms with Crippen molar-refractivity contribution in [3.8, 4) is 28.8 Å². The number of para-hydroxylation sites is 1. The Morgan fingerprint density at radius 2 is 1.80 bits per heavy atom. The van der Waals surface area contributed by atoms with Crippen molar-refractivity contribution in [1.29, 1.82) is 0 Å². The number of halogens is 2. The zero-order chi connectivity index (χ0) is 32.2. The molecule has 0 unspecified atom stereocenters. The molecular formula is C36H29Br2N3O5. The van der Waals surface area contributed by atoms with Crippen LogP contribution in [-0.4, -0.2) is 29.6 Å². The molecule has 0 aliphatic carbocycles. The third-order valence-electron chi connectivity index (χ3n) is 7.24. The number of ether oxygens (including phenoxy) is 3. The van der Waals surface area contributed by atoms with Crippen LogP contribution in [0.15, 0.2) is 115 Å². The number of aromatic nitrogens is 2. The molecule has 0 N–H and O–H groups in total. The van der Waals surface area contributed by atoms with Gasteiger partial charge in [-0.3, -0.25) is 4.79 Å². The fourth-order valence-electron chi connectivity index (χ4n) is 5.12. The first-order valence-electron chi connectivity index (χ1n) is 14.5. The predicted octanol–water partition coefficient (Wildman–Crippen LogP) is 8.93. The average molecular weight is 743 g/mol. The Balaban J connectivity index is 1.44. The molecule has 0 saturated heterocycles. The summed E-state index contributed by atoms with van der Waals surface area (Å²) in [4.78, 5) is 18.6. The zero-order valence-corrected chi connectivity index (χ0v) is 28.3. The van der Waals surface area contributed by atoms with Gasteiger partial charge in [0.25, 0.3) is 5.56 Å². The highest BCUT2D eigenvalue weighted by molar-refractivity contribution is 9.11. The van der Waals surface area contributed by atoms with Gasteiger partial charge >= 0.3 is 0 Å². The maximum absolute atomic E-state index is 13.8. The largest absolute Gasteiger partial charge is 0.496 e. The molecule has 10 heteroatoms. The number of nitrogens with zero attached hydrogens (tertiary/aromatic N) is 3. The maximum atomic E-state index is 13.8. The molecule has 0 atom stereocenters. The van der Waals surface area contributed by atoms with Crippen LogP contribution in [-0.2, 0) is 13.0 Å². The van der Waals surface area contributed by atoms with Gasteiger partial charge in [0.1, 0.15) is 17.9 Å². The molecule has 46 heavy (non-hydrogen) atoms. The van der Waals surface area contributed by atoms with E-state index in [1.54, 1.807) is 37.6 Å². The Morgan fingerprint density at radius 1 is 0.957 bits per heavy atom. The minimum atomic E-state index is -0.333. The van der Waals surface area contributed by atoms with Crippen molar-refractivity contribution >= 4 is 59.9 Å². The molecule has 8 nitrogen and oxygen atoms in total. The number of hydrogen-bond donors (Lipinski definition) is 0. The standard InChI is InChI=1S/C36H29Br2N3O5/c1-4-9-23-16-22(17-32(44-5-2)34(23)45-21-24-14-15-25(37)18-28(24)38)20-39-41-35(40-29-11-7-6-10-26(29)36(41)42)33-19-27-30(43-3)12-8-13-31(27)46-33/h4,6-8,10-20H,1,5,9,21H2,2-3H3. The number of rotatable bonds is 11. The molecule has 0 aliphatic heterocycles. The molecule has 0 radical (unpaired) electrons. The molecule has 0 bridgehead atoms. The van der Waals surface area contributed by atoms with Gasteiger partial charge in [-0.05, 0) is 73.5 Å². The molecule has 0 fully saturated rings. The SMILES string of the molecule is C=CCc1cc(C=Nn2c(-c3cc4c(OC)cccc4o3)nc3ccccc3c2=O)cc(OCC)c1OCc1ccc(Br)cc1Br. The van der Waals surface area contributed by atoms with Crippen LogP contribution < -0.4 is 19.8 Å². The third kappa shape index (κ3) is 6.36. The first-order chi connectivity index (χ1) is 22.4. The van der Waals surface area contributed by atoms with Gasteiger partial charge in [0.05, 0.1) is 36.2 Å². The van der Waals surface area contributed by atoms with Crippen LogP contribution in [0.4, 0.5) is 0 Å². The lowest BCUT2D eigenvalue weighted by molar-refractivity contribution is 0.266. The Labute approximate surface area is 282 Å². The van der Waals surface area contributed by atoms with Crippen molar-refractivity contribution in [1.82, 2.24) is 9.66 Å². The van der Waals surface area contributed by atoms with E-state index >= 15 is 0 Å². The summed E-state index contributed by atoms with van der Waals surface area (Å²) in [6.07, 6.45) is 3.94. The normalized spacial score (nSPS) is 11.4. The Morgan fingerprint density at radius 3 is 2.59 bits per heavy atom. The first kappa shape index (κ1) is 31.3.